The van der Waals surface area contributed by atoms with Crippen LogP contribution in [0.2, 0.25) is 5.02 Å². The molecule has 0 saturated heterocycles. The number of nitrogens with zero attached hydrogens (tertiary/aromatic N) is 3. The van der Waals surface area contributed by atoms with E-state index in [0.29, 0.717) is 32.9 Å². The van der Waals surface area contributed by atoms with Crippen LogP contribution in [-0.2, 0) is 0 Å². The topological polar surface area (TPSA) is 68.0 Å². The summed E-state index contributed by atoms with van der Waals surface area (Å²) in [5.41, 5.74) is 2.43. The minimum absolute atomic E-state index is 0.0847. The Morgan fingerprint density at radius 1 is 1.18 bits per heavy atom. The van der Waals surface area contributed by atoms with Crippen molar-refractivity contribution in [2.24, 2.45) is 0 Å². The van der Waals surface area contributed by atoms with E-state index < -0.39 is 0 Å². The second-order valence-electron chi connectivity index (χ2n) is 4.94. The van der Waals surface area contributed by atoms with Gasteiger partial charge >= 0.3 is 0 Å². The van der Waals surface area contributed by atoms with Crippen LogP contribution in [0.3, 0.4) is 0 Å². The maximum atomic E-state index is 11.9. The maximum Gasteiger partial charge on any atom is 0.188 e. The first-order valence-corrected chi connectivity index (χ1v) is 6.90. The summed E-state index contributed by atoms with van der Waals surface area (Å²) in [4.78, 5) is 13.2. The Balaban J connectivity index is 2.07. The predicted molar refractivity (Wildman–Crippen MR) is 84.7 cm³/mol. The van der Waals surface area contributed by atoms with Crippen molar-refractivity contribution in [3.8, 4) is 11.4 Å². The lowest BCUT2D eigenvalue weighted by atomic mass is 10.1. The molecule has 110 valence electrons. The highest BCUT2D eigenvalue weighted by Crippen LogP contribution is 2.25. The Morgan fingerprint density at radius 3 is 2.59 bits per heavy atom. The molecule has 2 aromatic carbocycles. The summed E-state index contributed by atoms with van der Waals surface area (Å²) < 4.78 is 0. The molecule has 0 saturated carbocycles. The van der Waals surface area contributed by atoms with E-state index in [0.717, 1.165) is 0 Å². The van der Waals surface area contributed by atoms with Gasteiger partial charge in [0.05, 0.1) is 0 Å². The number of benzene rings is 2. The van der Waals surface area contributed by atoms with Gasteiger partial charge in [-0.1, -0.05) is 18.2 Å². The first kappa shape index (κ1) is 14.3. The number of rotatable bonds is 3. The standard InChI is InChI=1S/C16H12ClN3O2/c1-9(2)16(22)10-3-6-14(15(21)7-10)20-18-12-5-4-11(17)8-13(12)19-20/h3-8,21H,1H2,2H3. The monoisotopic (exact) mass is 313 g/mol. The number of Topliss-reactive ketones (excluding diaryl/α,β-unsaturated/α-hetero) is 1. The lowest BCUT2D eigenvalue weighted by molar-refractivity contribution is 0.103. The van der Waals surface area contributed by atoms with Gasteiger partial charge in [-0.3, -0.25) is 4.79 Å². The van der Waals surface area contributed by atoms with Gasteiger partial charge in [0.15, 0.2) is 5.78 Å². The summed E-state index contributed by atoms with van der Waals surface area (Å²) in [6.07, 6.45) is 0. The highest BCUT2D eigenvalue weighted by atomic mass is 35.5. The van der Waals surface area contributed by atoms with Crippen molar-refractivity contribution in [1.29, 1.82) is 0 Å². The van der Waals surface area contributed by atoms with Crippen LogP contribution in [0.4, 0.5) is 0 Å². The average Bonchev–Trinajstić information content (AvgIpc) is 2.88. The number of phenolic OH excluding ortho intramolecular Hbond substituents is 1. The smallest absolute Gasteiger partial charge is 0.188 e. The normalized spacial score (nSPS) is 10.8. The summed E-state index contributed by atoms with van der Waals surface area (Å²) in [5.74, 6) is -0.300. The number of carbonyl (C=O) groups excluding carboxylic acids is 1. The zero-order chi connectivity index (χ0) is 15.9. The molecule has 3 aromatic rings. The van der Waals surface area contributed by atoms with Gasteiger partial charge in [0, 0.05) is 10.6 Å². The van der Waals surface area contributed by atoms with Gasteiger partial charge in [0.2, 0.25) is 0 Å². The van der Waals surface area contributed by atoms with Gasteiger partial charge in [-0.25, -0.2) is 0 Å². The molecule has 22 heavy (non-hydrogen) atoms. The Bertz CT molecular complexity index is 915. The van der Waals surface area contributed by atoms with Crippen molar-refractivity contribution in [3.05, 3.63) is 59.1 Å². The zero-order valence-electron chi connectivity index (χ0n) is 11.7. The number of ketones is 1. The molecular formula is C16H12ClN3O2. The van der Waals surface area contributed by atoms with Gasteiger partial charge in [0.1, 0.15) is 22.5 Å². The molecule has 0 aliphatic heterocycles. The molecule has 0 aliphatic carbocycles. The molecule has 0 bridgehead atoms. The molecule has 0 radical (unpaired) electrons. The molecule has 0 aliphatic rings. The molecule has 0 unspecified atom stereocenters. The van der Waals surface area contributed by atoms with Crippen molar-refractivity contribution in [2.45, 2.75) is 6.92 Å². The van der Waals surface area contributed by atoms with Crippen LogP contribution in [0.15, 0.2) is 48.6 Å². The number of phenols is 1. The zero-order valence-corrected chi connectivity index (χ0v) is 12.5. The Hall–Kier alpha value is -2.66. The lowest BCUT2D eigenvalue weighted by Gasteiger charge is -2.05. The third kappa shape index (κ3) is 2.46. The van der Waals surface area contributed by atoms with E-state index in [1.54, 1.807) is 37.3 Å². The van der Waals surface area contributed by atoms with E-state index in [9.17, 15) is 9.90 Å². The van der Waals surface area contributed by atoms with E-state index >= 15 is 0 Å². The fourth-order valence-corrected chi connectivity index (χ4v) is 2.24. The van der Waals surface area contributed by atoms with Crippen LogP contribution < -0.4 is 0 Å². The van der Waals surface area contributed by atoms with E-state index in [2.05, 4.69) is 16.8 Å². The average molecular weight is 314 g/mol. The van der Waals surface area contributed by atoms with Crippen LogP contribution >= 0.6 is 11.6 Å². The minimum Gasteiger partial charge on any atom is -0.506 e. The van der Waals surface area contributed by atoms with Gasteiger partial charge in [-0.05, 0) is 48.9 Å². The van der Waals surface area contributed by atoms with E-state index in [1.807, 2.05) is 0 Å². The molecular weight excluding hydrogens is 302 g/mol. The third-order valence-electron chi connectivity index (χ3n) is 3.18. The second kappa shape index (κ2) is 5.27. The predicted octanol–water partition coefficient (Wildman–Crippen LogP) is 3.54. The van der Waals surface area contributed by atoms with Crippen LogP contribution in [-0.4, -0.2) is 25.9 Å². The Morgan fingerprint density at radius 2 is 1.91 bits per heavy atom. The lowest BCUT2D eigenvalue weighted by Crippen LogP contribution is -2.03. The number of aromatic hydroxyl groups is 1. The van der Waals surface area contributed by atoms with Gasteiger partial charge in [-0.15, -0.1) is 15.0 Å². The number of fused-ring (bicyclic) bond motifs is 1. The molecule has 0 spiro atoms. The van der Waals surface area contributed by atoms with Crippen molar-refractivity contribution in [1.82, 2.24) is 15.0 Å². The number of aromatic nitrogens is 3. The van der Waals surface area contributed by atoms with Crippen LogP contribution in [0.1, 0.15) is 17.3 Å². The van der Waals surface area contributed by atoms with Crippen molar-refractivity contribution < 1.29 is 9.90 Å². The summed E-state index contributed by atoms with van der Waals surface area (Å²) in [6.45, 7) is 5.23. The van der Waals surface area contributed by atoms with Crippen LogP contribution in [0, 0.1) is 0 Å². The number of allylic oxidation sites excluding steroid dienone is 1. The van der Waals surface area contributed by atoms with Gasteiger partial charge in [-0.2, -0.15) is 0 Å². The van der Waals surface area contributed by atoms with Crippen molar-refractivity contribution in [2.75, 3.05) is 0 Å². The highest BCUT2D eigenvalue weighted by molar-refractivity contribution is 6.31. The highest BCUT2D eigenvalue weighted by Gasteiger charge is 2.13. The molecule has 0 fully saturated rings. The first-order valence-electron chi connectivity index (χ1n) is 6.52. The summed E-state index contributed by atoms with van der Waals surface area (Å²) in [7, 11) is 0. The van der Waals surface area contributed by atoms with Gasteiger partial charge in [0.25, 0.3) is 0 Å². The number of carbonyl (C=O) groups is 1. The molecule has 3 rings (SSSR count). The largest absolute Gasteiger partial charge is 0.506 e. The number of hydrogen-bond donors (Lipinski definition) is 1. The maximum absolute atomic E-state index is 11.9. The Kier molecular flexibility index (Phi) is 3.42. The second-order valence-corrected chi connectivity index (χ2v) is 5.37. The van der Waals surface area contributed by atoms with E-state index in [4.69, 9.17) is 11.6 Å². The van der Waals surface area contributed by atoms with E-state index in [-0.39, 0.29) is 11.5 Å². The van der Waals surface area contributed by atoms with Crippen LogP contribution in [0.5, 0.6) is 5.75 Å². The van der Waals surface area contributed by atoms with Crippen molar-refractivity contribution in [3.63, 3.8) is 0 Å². The third-order valence-corrected chi connectivity index (χ3v) is 3.42. The molecule has 1 heterocycles. The molecule has 1 aromatic heterocycles. The molecule has 1 N–H and O–H groups in total. The van der Waals surface area contributed by atoms with Crippen LogP contribution in [0.25, 0.3) is 16.7 Å². The molecule has 6 heteroatoms. The number of halogens is 1. The Labute approximate surface area is 131 Å². The SMILES string of the molecule is C=C(C)C(=O)c1ccc(-n2nc3ccc(Cl)cc3n2)c(O)c1. The summed E-state index contributed by atoms with van der Waals surface area (Å²) in [6, 6.07) is 9.73. The van der Waals surface area contributed by atoms with Crippen molar-refractivity contribution >= 4 is 28.4 Å². The fraction of sp³-hybridized carbons (Fsp3) is 0.0625. The summed E-state index contributed by atoms with van der Waals surface area (Å²) in [5, 5.41) is 19.3. The first-order chi connectivity index (χ1) is 10.5. The van der Waals surface area contributed by atoms with Gasteiger partial charge < -0.3 is 5.11 Å². The quantitative estimate of drug-likeness (QED) is 0.593. The minimum atomic E-state index is -0.216. The fourth-order valence-electron chi connectivity index (χ4n) is 2.08. The number of hydrogen-bond acceptors (Lipinski definition) is 4. The molecule has 5 nitrogen and oxygen atoms in total. The summed E-state index contributed by atoms with van der Waals surface area (Å²) >= 11 is 5.92. The molecule has 0 amide bonds. The van der Waals surface area contributed by atoms with E-state index in [1.165, 1.54) is 10.9 Å². The molecule has 0 atom stereocenters.